The van der Waals surface area contributed by atoms with Crippen molar-refractivity contribution in [3.63, 3.8) is 0 Å². The van der Waals surface area contributed by atoms with E-state index in [2.05, 4.69) is 45.9 Å². The molecule has 0 atom stereocenters. The molecule has 3 aliphatic carbocycles. The summed E-state index contributed by atoms with van der Waals surface area (Å²) in [6.45, 7) is 0.964. The maximum Gasteiger partial charge on any atom is 0.251 e. The van der Waals surface area contributed by atoms with Crippen molar-refractivity contribution in [3.8, 4) is 0 Å². The normalized spacial score (nSPS) is 20.1. The lowest BCUT2D eigenvalue weighted by Crippen LogP contribution is -2.41. The molecule has 0 radical (unpaired) electrons. The molecule has 2 amide bonds. The van der Waals surface area contributed by atoms with Crippen molar-refractivity contribution in [3.05, 3.63) is 132 Å². The highest BCUT2D eigenvalue weighted by molar-refractivity contribution is 7.90. The molecule has 62 heavy (non-hydrogen) atoms. The third-order valence-electron chi connectivity index (χ3n) is 11.7. The highest BCUT2D eigenvalue weighted by atomic mass is 32.2. The van der Waals surface area contributed by atoms with Gasteiger partial charge in [-0.15, -0.1) is 0 Å². The van der Waals surface area contributed by atoms with Crippen LogP contribution in [0.4, 0.5) is 11.9 Å². The highest BCUT2D eigenvalue weighted by Gasteiger charge is 2.37. The summed E-state index contributed by atoms with van der Waals surface area (Å²) in [5, 5.41) is 14.3. The fourth-order valence-electron chi connectivity index (χ4n) is 7.92. The Balaban J connectivity index is 0.000000174. The van der Waals surface area contributed by atoms with Gasteiger partial charge in [0.2, 0.25) is 21.9 Å². The van der Waals surface area contributed by atoms with Crippen LogP contribution in [-0.2, 0) is 23.1 Å². The van der Waals surface area contributed by atoms with Crippen LogP contribution in [0.15, 0.2) is 109 Å². The largest absolute Gasteiger partial charge is 0.351 e. The average molecular weight is 855 g/mol. The number of anilines is 2. The van der Waals surface area contributed by atoms with E-state index in [0.29, 0.717) is 53.7 Å². The van der Waals surface area contributed by atoms with E-state index in [4.69, 9.17) is 5.73 Å². The van der Waals surface area contributed by atoms with E-state index in [9.17, 15) is 18.0 Å². The third kappa shape index (κ3) is 11.7. The first kappa shape index (κ1) is 42.7. The van der Waals surface area contributed by atoms with E-state index in [-0.39, 0.29) is 29.1 Å². The number of nitrogens with two attached hydrogens (primary N) is 1. The predicted molar refractivity (Wildman–Crippen MR) is 243 cm³/mol. The molecule has 15 heteroatoms. The third-order valence-corrected chi connectivity index (χ3v) is 13.8. The Hall–Kier alpha value is -6.03. The molecule has 7 N–H and O–H groups in total. The molecule has 322 valence electrons. The van der Waals surface area contributed by atoms with Crippen molar-refractivity contribution < 1.29 is 18.0 Å². The molecule has 2 heterocycles. The Morgan fingerprint density at radius 3 is 1.45 bits per heavy atom. The van der Waals surface area contributed by atoms with Gasteiger partial charge in [-0.2, -0.15) is 0 Å². The molecule has 0 spiro atoms. The minimum absolute atomic E-state index is 0.0122. The van der Waals surface area contributed by atoms with Gasteiger partial charge in [0.1, 0.15) is 0 Å². The Bertz CT molecular complexity index is 2580. The summed E-state index contributed by atoms with van der Waals surface area (Å²) < 4.78 is 27.2. The molecule has 4 aromatic carbocycles. The summed E-state index contributed by atoms with van der Waals surface area (Å²) in [5.41, 5.74) is 10.7. The van der Waals surface area contributed by atoms with E-state index >= 15 is 0 Å². The summed E-state index contributed by atoms with van der Waals surface area (Å²) in [4.78, 5) is 43.2. The molecule has 2 aromatic heterocycles. The lowest BCUT2D eigenvalue weighted by Gasteiger charge is -2.29. The Morgan fingerprint density at radius 2 is 1.00 bits per heavy atom. The van der Waals surface area contributed by atoms with Crippen LogP contribution >= 0.6 is 0 Å². The van der Waals surface area contributed by atoms with Crippen LogP contribution in [0.1, 0.15) is 96.1 Å². The molecule has 3 aliphatic rings. The monoisotopic (exact) mass is 854 g/mol. The van der Waals surface area contributed by atoms with E-state index in [1.165, 1.54) is 0 Å². The number of carbonyl (C=O) groups excluding carboxylic acids is 2. The maximum absolute atomic E-state index is 12.6. The maximum atomic E-state index is 12.6. The molecule has 14 nitrogen and oxygen atoms in total. The number of nitrogens with zero attached hydrogens (tertiary/aromatic N) is 4. The van der Waals surface area contributed by atoms with Gasteiger partial charge in [0, 0.05) is 71.5 Å². The van der Waals surface area contributed by atoms with Gasteiger partial charge in [-0.25, -0.2) is 33.1 Å². The fourth-order valence-corrected chi connectivity index (χ4v) is 9.57. The van der Waals surface area contributed by atoms with E-state index < -0.39 is 10.0 Å². The topological polar surface area (TPSA) is 206 Å². The molecule has 0 saturated heterocycles. The summed E-state index contributed by atoms with van der Waals surface area (Å²) in [6, 6.07) is 31.5. The molecule has 0 aliphatic heterocycles. The Kier molecular flexibility index (Phi) is 13.6. The highest BCUT2D eigenvalue weighted by Crippen LogP contribution is 2.30. The van der Waals surface area contributed by atoms with Crippen molar-refractivity contribution in [2.45, 2.75) is 107 Å². The van der Waals surface area contributed by atoms with Gasteiger partial charge in [-0.1, -0.05) is 72.8 Å². The second-order valence-corrected chi connectivity index (χ2v) is 18.6. The number of hydrogen-bond acceptors (Lipinski definition) is 11. The average Bonchev–Trinajstić information content (AvgIpc) is 4.17. The Labute approximate surface area is 362 Å². The van der Waals surface area contributed by atoms with Gasteiger partial charge >= 0.3 is 0 Å². The van der Waals surface area contributed by atoms with Gasteiger partial charge in [-0.3, -0.25) is 9.59 Å². The number of rotatable bonds is 13. The first-order valence-corrected chi connectivity index (χ1v) is 23.2. The van der Waals surface area contributed by atoms with Crippen LogP contribution in [0.5, 0.6) is 0 Å². The van der Waals surface area contributed by atoms with Gasteiger partial charge in [-0.05, 0) is 99.6 Å². The summed E-state index contributed by atoms with van der Waals surface area (Å²) in [5.74, 6) is 0.872. The molecular weight excluding hydrogens is 801 g/mol. The molecule has 6 aromatic rings. The smallest absolute Gasteiger partial charge is 0.251 e. The molecule has 0 bridgehead atoms. The first-order chi connectivity index (χ1) is 30.1. The second-order valence-electron chi connectivity index (χ2n) is 16.6. The predicted octanol–water partition coefficient (Wildman–Crippen LogP) is 6.61. The van der Waals surface area contributed by atoms with Gasteiger partial charge in [0.05, 0.1) is 16.3 Å². The van der Waals surface area contributed by atoms with Crippen LogP contribution in [0, 0.1) is 0 Å². The van der Waals surface area contributed by atoms with Gasteiger partial charge in [0.15, 0.2) is 0 Å². The van der Waals surface area contributed by atoms with Crippen LogP contribution in [0.2, 0.25) is 0 Å². The summed E-state index contributed by atoms with van der Waals surface area (Å²) in [7, 11) is -3.15. The molecule has 0 unspecified atom stereocenters. The van der Waals surface area contributed by atoms with Crippen LogP contribution in [-0.4, -0.2) is 69.6 Å². The van der Waals surface area contributed by atoms with Gasteiger partial charge < -0.3 is 27.0 Å². The number of benzene rings is 4. The van der Waals surface area contributed by atoms with Crippen LogP contribution < -0.4 is 31.7 Å². The fraction of sp³-hybridized carbons (Fsp3) is 0.362. The molecular formula is C47H54N10O4S. The number of aromatic nitrogens is 4. The van der Waals surface area contributed by atoms with E-state index in [1.807, 2.05) is 84.9 Å². The van der Waals surface area contributed by atoms with Crippen LogP contribution in [0.25, 0.3) is 21.8 Å². The number of nitrogens with one attached hydrogen (secondary N) is 5. The van der Waals surface area contributed by atoms with E-state index in [0.717, 1.165) is 91.6 Å². The quantitative estimate of drug-likeness (QED) is 0.0730. The number of hydrogen-bond donors (Lipinski definition) is 6. The zero-order valence-electron chi connectivity index (χ0n) is 34.7. The van der Waals surface area contributed by atoms with Crippen molar-refractivity contribution >= 4 is 55.5 Å². The van der Waals surface area contributed by atoms with E-state index in [1.54, 1.807) is 24.5 Å². The lowest BCUT2D eigenvalue weighted by molar-refractivity contribution is 0.0943. The zero-order valence-corrected chi connectivity index (χ0v) is 35.5. The van der Waals surface area contributed by atoms with Crippen molar-refractivity contribution in [1.29, 1.82) is 0 Å². The zero-order chi connectivity index (χ0) is 42.9. The number of amides is 2. The number of carbonyl (C=O) groups is 2. The Morgan fingerprint density at radius 1 is 0.565 bits per heavy atom. The molecule has 3 saturated carbocycles. The first-order valence-electron chi connectivity index (χ1n) is 21.6. The van der Waals surface area contributed by atoms with Crippen molar-refractivity contribution in [2.75, 3.05) is 10.6 Å². The SMILES string of the molecule is NC1CCC(Nc2ncc3ccc(C(=O)NCc4ccccc4)cc3n2)CC1.O=C(NCc1ccccc1)c1ccc2cnc(NC3CCC(NS(=O)(=O)C4CC4)CC3)nc2c1. The second kappa shape index (κ2) is 19.8. The van der Waals surface area contributed by atoms with Crippen molar-refractivity contribution in [1.82, 2.24) is 35.3 Å². The number of fused-ring (bicyclic) bond motifs is 2. The molecule has 3 fully saturated rings. The summed E-state index contributed by atoms with van der Waals surface area (Å²) >= 11 is 0. The van der Waals surface area contributed by atoms with Gasteiger partial charge in [0.25, 0.3) is 11.8 Å². The van der Waals surface area contributed by atoms with Crippen LogP contribution in [0.3, 0.4) is 0 Å². The van der Waals surface area contributed by atoms with Crippen molar-refractivity contribution in [2.24, 2.45) is 5.73 Å². The number of sulfonamides is 1. The summed E-state index contributed by atoms with van der Waals surface area (Å²) in [6.07, 6.45) is 12.5. The lowest BCUT2D eigenvalue weighted by atomic mass is 9.92. The molecule has 9 rings (SSSR count). The minimum atomic E-state index is -3.15. The standard InChI is InChI=1S/C25H29N5O3S.C22H25N5O/c31-24(26-15-17-4-2-1-3-5-17)18-6-7-19-16-27-25(29-23(19)14-18)28-20-8-10-21(11-9-20)30-34(32,33)22-12-13-22;23-18-8-10-19(11-9-18)26-22-25-14-17-7-6-16(12-20(17)27-22)21(28)24-13-15-4-2-1-3-5-15/h1-7,14,16,20-22,30H,8-13,15H2,(H,26,31)(H,27,28,29);1-7,12,14,18-19H,8-11,13,23H2,(H,24,28)(H,25,26,27). The minimum Gasteiger partial charge on any atom is -0.351 e.